The molecule has 4 atom stereocenters. The summed E-state index contributed by atoms with van der Waals surface area (Å²) in [5, 5.41) is 19.1. The lowest BCUT2D eigenvalue weighted by Crippen LogP contribution is -2.25. The fraction of sp³-hybridized carbons (Fsp3) is 0.655. The van der Waals surface area contributed by atoms with Crippen molar-refractivity contribution in [2.45, 2.75) is 97.0 Å². The average molecular weight is 546 g/mol. The Hall–Kier alpha value is -1.75. The summed E-state index contributed by atoms with van der Waals surface area (Å²) in [6, 6.07) is 4.59. The first-order valence-electron chi connectivity index (χ1n) is 13.8. The Kier molecular flexibility index (Phi) is 11.2. The van der Waals surface area contributed by atoms with Crippen molar-refractivity contribution in [3.8, 4) is 6.07 Å². The van der Waals surface area contributed by atoms with Crippen molar-refractivity contribution in [2.75, 3.05) is 13.6 Å². The Bertz CT molecular complexity index is 1080. The van der Waals surface area contributed by atoms with E-state index in [9.17, 15) is 9.65 Å². The monoisotopic (exact) mass is 545 g/mol. The van der Waals surface area contributed by atoms with E-state index >= 15 is 0 Å². The standard InChI is InChI=1S/C27H35ClFN5S.C2H6/c1-4-7-20(16(2)19-9-5-10-22-24(19)21(15-30)26(29)35-22)25(31)27-32-17(14-23(28)33-27)11-12-18-8-6-13-34(18)3;1-2/h14,18-19,21,26,31H,4-13H2,1-3H3;1-2H3/b20-16+,31-25?;. The molecule has 2 aliphatic heterocycles. The van der Waals surface area contributed by atoms with E-state index in [0.29, 0.717) is 29.2 Å². The highest BCUT2D eigenvalue weighted by Crippen LogP contribution is 2.53. The highest BCUT2D eigenvalue weighted by Gasteiger charge is 2.42. The third-order valence-electron chi connectivity index (χ3n) is 7.76. The summed E-state index contributed by atoms with van der Waals surface area (Å²) in [5.41, 5.74) is 2.89. The molecule has 0 radical (unpaired) electrons. The van der Waals surface area contributed by atoms with Gasteiger partial charge in [0.2, 0.25) is 0 Å². The number of alkyl halides is 1. The zero-order chi connectivity index (χ0) is 27.1. The van der Waals surface area contributed by atoms with Crippen LogP contribution < -0.4 is 0 Å². The molecule has 8 heteroatoms. The molecule has 4 unspecified atom stereocenters. The number of aryl methyl sites for hydroxylation is 1. The summed E-state index contributed by atoms with van der Waals surface area (Å²) in [6.45, 7) is 9.28. The van der Waals surface area contributed by atoms with Gasteiger partial charge in [-0.15, -0.1) is 0 Å². The van der Waals surface area contributed by atoms with Crippen LogP contribution in [0.3, 0.4) is 0 Å². The molecule has 1 N–H and O–H groups in total. The maximum atomic E-state index is 14.6. The maximum Gasteiger partial charge on any atom is 0.179 e. The Morgan fingerprint density at radius 1 is 1.30 bits per heavy atom. The molecular weight excluding hydrogens is 505 g/mol. The first-order chi connectivity index (χ1) is 17.8. The quantitative estimate of drug-likeness (QED) is 0.265. The lowest BCUT2D eigenvalue weighted by molar-refractivity contribution is 0.296. The van der Waals surface area contributed by atoms with Gasteiger partial charge in [-0.25, -0.2) is 14.4 Å². The summed E-state index contributed by atoms with van der Waals surface area (Å²) in [4.78, 5) is 12.6. The van der Waals surface area contributed by atoms with E-state index in [1.54, 1.807) is 0 Å². The number of rotatable bonds is 8. The Morgan fingerprint density at radius 3 is 2.70 bits per heavy atom. The molecule has 0 bridgehead atoms. The Balaban J connectivity index is 0.00000186. The van der Waals surface area contributed by atoms with E-state index in [1.165, 1.54) is 24.6 Å². The Morgan fingerprint density at radius 2 is 2.05 bits per heavy atom. The van der Waals surface area contributed by atoms with Crippen LogP contribution in [0.5, 0.6) is 0 Å². The van der Waals surface area contributed by atoms with Crippen molar-refractivity contribution in [3.05, 3.63) is 44.4 Å². The summed E-state index contributed by atoms with van der Waals surface area (Å²) in [5.74, 6) is -0.341. The van der Waals surface area contributed by atoms with Gasteiger partial charge in [0.15, 0.2) is 11.3 Å². The summed E-state index contributed by atoms with van der Waals surface area (Å²) in [7, 11) is 2.17. The molecule has 3 aliphatic rings. The van der Waals surface area contributed by atoms with Gasteiger partial charge in [0, 0.05) is 17.7 Å². The second-order valence-electron chi connectivity index (χ2n) is 10.0. The van der Waals surface area contributed by atoms with Gasteiger partial charge in [0.1, 0.15) is 16.8 Å². The fourth-order valence-electron chi connectivity index (χ4n) is 5.88. The van der Waals surface area contributed by atoms with Crippen molar-refractivity contribution in [2.24, 2.45) is 11.8 Å². The van der Waals surface area contributed by atoms with Gasteiger partial charge in [-0.2, -0.15) is 5.26 Å². The smallest absolute Gasteiger partial charge is 0.179 e. The number of hydrogen-bond donors (Lipinski definition) is 1. The van der Waals surface area contributed by atoms with Crippen LogP contribution in [-0.2, 0) is 6.42 Å². The van der Waals surface area contributed by atoms with Gasteiger partial charge in [-0.05, 0) is 94.0 Å². The lowest BCUT2D eigenvalue weighted by Gasteiger charge is -2.29. The van der Waals surface area contributed by atoms with E-state index < -0.39 is 11.4 Å². The van der Waals surface area contributed by atoms with Gasteiger partial charge in [0.25, 0.3) is 0 Å². The molecule has 3 heterocycles. The topological polar surface area (TPSA) is 76.7 Å². The summed E-state index contributed by atoms with van der Waals surface area (Å²) in [6.07, 6.45) is 8.56. The SMILES string of the molecule is CC.CCC/C(C(=N)c1nc(Cl)cc(CCC2CCCN2C)n1)=C(/C)C1CCCC2=C1C(C#N)C(F)S2. The molecule has 0 spiro atoms. The number of halogens is 2. The number of hydrogen-bond acceptors (Lipinski definition) is 6. The predicted molar refractivity (Wildman–Crippen MR) is 153 cm³/mol. The molecule has 0 saturated carbocycles. The van der Waals surface area contributed by atoms with Crippen LogP contribution in [0.15, 0.2) is 27.7 Å². The van der Waals surface area contributed by atoms with Gasteiger partial charge in [-0.1, -0.05) is 56.1 Å². The van der Waals surface area contributed by atoms with Gasteiger partial charge in [0.05, 0.1) is 6.07 Å². The van der Waals surface area contributed by atoms with E-state index in [0.717, 1.165) is 72.4 Å². The number of allylic oxidation sites excluding steroid dienone is 4. The van der Waals surface area contributed by atoms with Crippen LogP contribution in [-0.4, -0.2) is 45.7 Å². The lowest BCUT2D eigenvalue weighted by atomic mass is 9.75. The van der Waals surface area contributed by atoms with Crippen LogP contribution in [0.25, 0.3) is 0 Å². The molecule has 1 fully saturated rings. The molecule has 1 saturated heterocycles. The molecule has 1 aliphatic carbocycles. The van der Waals surface area contributed by atoms with E-state index in [-0.39, 0.29) is 5.92 Å². The van der Waals surface area contributed by atoms with Crippen molar-refractivity contribution < 1.29 is 4.39 Å². The second kappa shape index (κ2) is 13.9. The van der Waals surface area contributed by atoms with Gasteiger partial charge >= 0.3 is 0 Å². The minimum atomic E-state index is -1.19. The highest BCUT2D eigenvalue weighted by molar-refractivity contribution is 8.03. The molecule has 37 heavy (non-hydrogen) atoms. The normalized spacial score (nSPS) is 26.2. The predicted octanol–water partition coefficient (Wildman–Crippen LogP) is 7.90. The zero-order valence-corrected chi connectivity index (χ0v) is 24.5. The van der Waals surface area contributed by atoms with Crippen LogP contribution in [0, 0.1) is 28.6 Å². The molecule has 0 aromatic carbocycles. The summed E-state index contributed by atoms with van der Waals surface area (Å²) < 4.78 is 14.6. The first-order valence-corrected chi connectivity index (χ1v) is 15.1. The van der Waals surface area contributed by atoms with Crippen LogP contribution in [0.1, 0.15) is 90.6 Å². The number of aromatic nitrogens is 2. The van der Waals surface area contributed by atoms with E-state index in [1.807, 2.05) is 26.8 Å². The van der Waals surface area contributed by atoms with Crippen molar-refractivity contribution in [1.29, 1.82) is 10.7 Å². The molecular formula is C29H41ClFN5S. The van der Waals surface area contributed by atoms with Crippen molar-refractivity contribution >= 4 is 29.1 Å². The third-order valence-corrected chi connectivity index (χ3v) is 9.18. The number of nitrogens with zero attached hydrogens (tertiary/aromatic N) is 4. The largest absolute Gasteiger partial charge is 0.303 e. The number of nitriles is 1. The van der Waals surface area contributed by atoms with E-state index in [2.05, 4.69) is 29.9 Å². The second-order valence-corrected chi connectivity index (χ2v) is 11.6. The molecule has 4 rings (SSSR count). The van der Waals surface area contributed by atoms with Crippen molar-refractivity contribution in [3.63, 3.8) is 0 Å². The zero-order valence-electron chi connectivity index (χ0n) is 22.9. The van der Waals surface area contributed by atoms with Crippen LogP contribution in [0.2, 0.25) is 5.15 Å². The maximum absolute atomic E-state index is 14.6. The van der Waals surface area contributed by atoms with Gasteiger partial charge in [-0.3, -0.25) is 5.41 Å². The highest BCUT2D eigenvalue weighted by atomic mass is 35.5. The Labute approximate surface area is 231 Å². The van der Waals surface area contributed by atoms with E-state index in [4.69, 9.17) is 22.0 Å². The number of likely N-dealkylation sites (tertiary alicyclic amines) is 1. The number of nitrogens with one attached hydrogen (secondary N) is 1. The molecule has 5 nitrogen and oxygen atoms in total. The summed E-state index contributed by atoms with van der Waals surface area (Å²) >= 11 is 7.61. The average Bonchev–Trinajstić information content (AvgIpc) is 3.46. The first kappa shape index (κ1) is 29.8. The van der Waals surface area contributed by atoms with Crippen LogP contribution >= 0.6 is 23.4 Å². The van der Waals surface area contributed by atoms with Gasteiger partial charge < -0.3 is 4.90 Å². The minimum Gasteiger partial charge on any atom is -0.303 e. The third kappa shape index (κ3) is 6.82. The van der Waals surface area contributed by atoms with Crippen molar-refractivity contribution in [1.82, 2.24) is 14.9 Å². The molecule has 0 amide bonds. The molecule has 1 aromatic rings. The minimum absolute atomic E-state index is 0.00453. The molecule has 1 aromatic heterocycles. The number of thioether (sulfide) groups is 1. The molecule has 202 valence electrons. The van der Waals surface area contributed by atoms with Crippen LogP contribution in [0.4, 0.5) is 4.39 Å². The fourth-order valence-corrected chi connectivity index (χ4v) is 7.37.